The van der Waals surface area contributed by atoms with Crippen molar-refractivity contribution >= 4 is 52.7 Å². The number of allylic oxidation sites excluding steroid dienone is 1. The standard InChI is InChI=1S/C19H23N3O2S2.ClH/c1-2-3-4-8-15-18(23)22(19(24)26-15)12-5-6-14-25-17-10-7-9-16-20-11-13-21(16)17;/h7-11,13H,2-6,12,14H2,1H3;1H/b15-8+;. The van der Waals surface area contributed by atoms with E-state index in [0.29, 0.717) is 11.4 Å². The van der Waals surface area contributed by atoms with Crippen LogP contribution in [0.1, 0.15) is 39.0 Å². The normalized spacial score (nSPS) is 15.7. The molecule has 0 spiro atoms. The Morgan fingerprint density at radius 1 is 1.22 bits per heavy atom. The topological polar surface area (TPSA) is 54.7 Å². The Hall–Kier alpha value is -1.44. The number of hydrogen-bond donors (Lipinski definition) is 0. The van der Waals surface area contributed by atoms with Gasteiger partial charge >= 0.3 is 0 Å². The molecule has 2 aromatic heterocycles. The molecule has 0 saturated carbocycles. The van der Waals surface area contributed by atoms with Crippen LogP contribution in [0.5, 0.6) is 0 Å². The van der Waals surface area contributed by atoms with Crippen LogP contribution in [-0.2, 0) is 4.79 Å². The number of thioether (sulfide) groups is 2. The lowest BCUT2D eigenvalue weighted by Crippen LogP contribution is -2.29. The molecule has 3 rings (SSSR count). The van der Waals surface area contributed by atoms with Gasteiger partial charge in [-0.05, 0) is 48.9 Å². The highest BCUT2D eigenvalue weighted by atomic mass is 35.5. The van der Waals surface area contributed by atoms with Crippen LogP contribution in [0.15, 0.2) is 46.6 Å². The molecule has 1 fully saturated rings. The van der Waals surface area contributed by atoms with Gasteiger partial charge in [0.15, 0.2) is 0 Å². The zero-order valence-electron chi connectivity index (χ0n) is 15.3. The summed E-state index contributed by atoms with van der Waals surface area (Å²) in [4.78, 5) is 30.6. The van der Waals surface area contributed by atoms with E-state index in [4.69, 9.17) is 0 Å². The minimum Gasteiger partial charge on any atom is -0.294 e. The molecule has 1 saturated heterocycles. The number of aromatic nitrogens is 2. The van der Waals surface area contributed by atoms with E-state index in [1.807, 2.05) is 24.4 Å². The van der Waals surface area contributed by atoms with E-state index in [2.05, 4.69) is 22.4 Å². The van der Waals surface area contributed by atoms with E-state index in [9.17, 15) is 9.59 Å². The molecule has 0 atom stereocenters. The molecule has 0 N–H and O–H groups in total. The number of hydrogen-bond acceptors (Lipinski definition) is 5. The second kappa shape index (κ2) is 10.8. The van der Waals surface area contributed by atoms with E-state index < -0.39 is 0 Å². The molecule has 8 heteroatoms. The molecule has 2 aromatic rings. The van der Waals surface area contributed by atoms with Crippen molar-refractivity contribution in [2.45, 2.75) is 44.1 Å². The highest BCUT2D eigenvalue weighted by molar-refractivity contribution is 8.18. The monoisotopic (exact) mass is 425 g/mol. The number of imidazole rings is 1. The van der Waals surface area contributed by atoms with Crippen molar-refractivity contribution in [3.63, 3.8) is 0 Å². The molecule has 0 bridgehead atoms. The third-order valence-corrected chi connectivity index (χ3v) is 6.26. The molecule has 2 amide bonds. The minimum atomic E-state index is -0.131. The first kappa shape index (κ1) is 21.9. The van der Waals surface area contributed by atoms with Crippen LogP contribution >= 0.6 is 35.9 Å². The summed E-state index contributed by atoms with van der Waals surface area (Å²) in [6.45, 7) is 2.62. The molecule has 5 nitrogen and oxygen atoms in total. The van der Waals surface area contributed by atoms with Crippen molar-refractivity contribution in [3.05, 3.63) is 41.6 Å². The van der Waals surface area contributed by atoms with Gasteiger partial charge in [0.25, 0.3) is 11.1 Å². The average Bonchev–Trinajstić information content (AvgIpc) is 3.22. The van der Waals surface area contributed by atoms with E-state index >= 15 is 0 Å². The molecular formula is C19H24ClN3O2S2. The van der Waals surface area contributed by atoms with Crippen LogP contribution < -0.4 is 0 Å². The van der Waals surface area contributed by atoms with Crippen LogP contribution in [0.4, 0.5) is 4.79 Å². The average molecular weight is 426 g/mol. The summed E-state index contributed by atoms with van der Waals surface area (Å²) < 4.78 is 2.07. The Morgan fingerprint density at radius 2 is 2.07 bits per heavy atom. The number of carbonyl (C=O) groups excluding carboxylic acids is 2. The number of nitrogens with zero attached hydrogens (tertiary/aromatic N) is 3. The maximum absolute atomic E-state index is 12.3. The molecule has 1 aliphatic rings. The van der Waals surface area contributed by atoms with E-state index in [1.165, 1.54) is 4.90 Å². The lowest BCUT2D eigenvalue weighted by molar-refractivity contribution is -0.122. The van der Waals surface area contributed by atoms with Gasteiger partial charge in [-0.3, -0.25) is 18.9 Å². The quantitative estimate of drug-likeness (QED) is 0.306. The molecule has 0 radical (unpaired) electrons. The van der Waals surface area contributed by atoms with Gasteiger partial charge in [0.05, 0.1) is 9.93 Å². The van der Waals surface area contributed by atoms with Gasteiger partial charge in [-0.15, -0.1) is 24.2 Å². The fourth-order valence-corrected chi connectivity index (χ4v) is 4.65. The van der Waals surface area contributed by atoms with Gasteiger partial charge in [-0.25, -0.2) is 4.98 Å². The predicted octanol–water partition coefficient (Wildman–Crippen LogP) is 5.40. The van der Waals surface area contributed by atoms with Gasteiger partial charge in [0.2, 0.25) is 0 Å². The van der Waals surface area contributed by atoms with Crippen LogP contribution in [0.3, 0.4) is 0 Å². The van der Waals surface area contributed by atoms with Crippen LogP contribution in [0.25, 0.3) is 5.65 Å². The first-order chi connectivity index (χ1) is 12.7. The number of pyridine rings is 1. The summed E-state index contributed by atoms with van der Waals surface area (Å²) in [7, 11) is 0. The second-order valence-corrected chi connectivity index (χ2v) is 8.22. The number of fused-ring (bicyclic) bond motifs is 1. The number of rotatable bonds is 9. The fraction of sp³-hybridized carbons (Fsp3) is 0.421. The van der Waals surface area contributed by atoms with Gasteiger partial charge in [0.1, 0.15) is 5.65 Å². The summed E-state index contributed by atoms with van der Waals surface area (Å²) in [6, 6.07) is 6.07. The Kier molecular flexibility index (Phi) is 8.73. The van der Waals surface area contributed by atoms with Crippen molar-refractivity contribution in [3.8, 4) is 0 Å². The Bertz CT molecular complexity index is 822. The minimum absolute atomic E-state index is 0. The number of amides is 2. The first-order valence-corrected chi connectivity index (χ1v) is 10.8. The Labute approximate surface area is 174 Å². The van der Waals surface area contributed by atoms with Crippen molar-refractivity contribution in [2.24, 2.45) is 0 Å². The number of carbonyl (C=O) groups is 2. The van der Waals surface area contributed by atoms with Crippen LogP contribution in [0.2, 0.25) is 0 Å². The summed E-state index contributed by atoms with van der Waals surface area (Å²) in [5.41, 5.74) is 0.947. The maximum atomic E-state index is 12.3. The van der Waals surface area contributed by atoms with Gasteiger partial charge in [-0.1, -0.05) is 31.9 Å². The SMILES string of the molecule is CCCC/C=C1/SC(=O)N(CCCCSc2cccc3nccn23)C1=O.Cl. The van der Waals surface area contributed by atoms with E-state index in [1.54, 1.807) is 18.0 Å². The lowest BCUT2D eigenvalue weighted by atomic mass is 10.2. The third kappa shape index (κ3) is 5.53. The molecule has 0 aliphatic carbocycles. The number of halogens is 1. The van der Waals surface area contributed by atoms with Crippen molar-refractivity contribution in [2.75, 3.05) is 12.3 Å². The molecule has 27 heavy (non-hydrogen) atoms. The van der Waals surface area contributed by atoms with E-state index in [0.717, 1.165) is 60.3 Å². The first-order valence-electron chi connectivity index (χ1n) is 8.99. The van der Waals surface area contributed by atoms with Crippen LogP contribution in [0, 0.1) is 0 Å². The maximum Gasteiger partial charge on any atom is 0.293 e. The second-order valence-electron chi connectivity index (χ2n) is 6.11. The Balaban J connectivity index is 0.00000261. The predicted molar refractivity (Wildman–Crippen MR) is 115 cm³/mol. The Morgan fingerprint density at radius 3 is 2.89 bits per heavy atom. The number of unbranched alkanes of at least 4 members (excludes halogenated alkanes) is 3. The lowest BCUT2D eigenvalue weighted by Gasteiger charge is -2.12. The molecular weight excluding hydrogens is 402 g/mol. The highest BCUT2D eigenvalue weighted by Gasteiger charge is 2.34. The summed E-state index contributed by atoms with van der Waals surface area (Å²) >= 11 is 2.85. The molecule has 0 aromatic carbocycles. The van der Waals surface area contributed by atoms with Crippen molar-refractivity contribution in [1.82, 2.24) is 14.3 Å². The molecule has 0 unspecified atom stereocenters. The summed E-state index contributed by atoms with van der Waals surface area (Å²) in [6.07, 6.45) is 10.4. The van der Waals surface area contributed by atoms with Gasteiger partial charge in [-0.2, -0.15) is 0 Å². The van der Waals surface area contributed by atoms with Crippen molar-refractivity contribution < 1.29 is 9.59 Å². The fourth-order valence-electron chi connectivity index (χ4n) is 2.76. The van der Waals surface area contributed by atoms with Crippen LogP contribution in [-0.4, -0.2) is 37.7 Å². The smallest absolute Gasteiger partial charge is 0.293 e. The zero-order valence-corrected chi connectivity index (χ0v) is 17.7. The molecule has 1 aliphatic heterocycles. The molecule has 146 valence electrons. The van der Waals surface area contributed by atoms with Crippen molar-refractivity contribution in [1.29, 1.82) is 0 Å². The summed E-state index contributed by atoms with van der Waals surface area (Å²) in [5.74, 6) is 0.826. The van der Waals surface area contributed by atoms with E-state index in [-0.39, 0.29) is 23.6 Å². The van der Waals surface area contributed by atoms with Gasteiger partial charge < -0.3 is 0 Å². The number of imide groups is 1. The summed E-state index contributed by atoms with van der Waals surface area (Å²) in [5, 5.41) is 1.03. The largest absolute Gasteiger partial charge is 0.294 e. The highest BCUT2D eigenvalue weighted by Crippen LogP contribution is 2.31. The van der Waals surface area contributed by atoms with Gasteiger partial charge in [0, 0.05) is 18.9 Å². The third-order valence-electron chi connectivity index (χ3n) is 4.18. The molecule has 3 heterocycles. The zero-order chi connectivity index (χ0) is 18.4.